The van der Waals surface area contributed by atoms with Crippen LogP contribution in [0.3, 0.4) is 0 Å². The van der Waals surface area contributed by atoms with Crippen LogP contribution in [0.2, 0.25) is 0 Å². The molecular weight excluding hydrogens is 232 g/mol. The van der Waals surface area contributed by atoms with Crippen LogP contribution < -0.4 is 5.32 Å². The molecule has 2 saturated carbocycles. The minimum absolute atomic E-state index is 0.534. The van der Waals surface area contributed by atoms with Crippen LogP contribution in [0.5, 0.6) is 0 Å². The summed E-state index contributed by atoms with van der Waals surface area (Å²) in [5, 5.41) is 3.86. The average molecular weight is 264 g/mol. The van der Waals surface area contributed by atoms with Crippen LogP contribution in [0.4, 0.5) is 0 Å². The van der Waals surface area contributed by atoms with Crippen molar-refractivity contribution in [3.05, 3.63) is 0 Å². The highest BCUT2D eigenvalue weighted by Crippen LogP contribution is 2.39. The van der Waals surface area contributed by atoms with Gasteiger partial charge in [0.2, 0.25) is 0 Å². The van der Waals surface area contributed by atoms with Crippen LogP contribution in [0.25, 0.3) is 0 Å². The Morgan fingerprint density at radius 2 is 1.68 bits per heavy atom. The van der Waals surface area contributed by atoms with Crippen LogP contribution in [0, 0.1) is 0 Å². The summed E-state index contributed by atoms with van der Waals surface area (Å²) in [7, 11) is 0. The first-order valence-corrected chi connectivity index (χ1v) is 8.84. The normalized spacial score (nSPS) is 33.6. The van der Waals surface area contributed by atoms with Gasteiger partial charge in [-0.3, -0.25) is 4.90 Å². The Balaban J connectivity index is 1.76. The fourth-order valence-corrected chi connectivity index (χ4v) is 4.81. The fourth-order valence-electron chi connectivity index (χ4n) is 4.81. The molecule has 1 atom stereocenters. The molecule has 1 spiro atoms. The molecule has 0 amide bonds. The molecule has 3 aliphatic rings. The van der Waals surface area contributed by atoms with E-state index in [2.05, 4.69) is 17.1 Å². The number of hydrogen-bond acceptors (Lipinski definition) is 2. The van der Waals surface area contributed by atoms with Gasteiger partial charge in [-0.1, -0.05) is 45.4 Å². The second kappa shape index (κ2) is 6.13. The third-order valence-electron chi connectivity index (χ3n) is 6.04. The molecule has 110 valence electrons. The highest BCUT2D eigenvalue weighted by molar-refractivity contribution is 5.02. The summed E-state index contributed by atoms with van der Waals surface area (Å²) < 4.78 is 0. The largest absolute Gasteiger partial charge is 0.311 e. The summed E-state index contributed by atoms with van der Waals surface area (Å²) in [6, 6.07) is 1.65. The van der Waals surface area contributed by atoms with Crippen molar-refractivity contribution in [2.24, 2.45) is 0 Å². The van der Waals surface area contributed by atoms with Gasteiger partial charge in [-0.2, -0.15) is 0 Å². The quantitative estimate of drug-likeness (QED) is 0.818. The van der Waals surface area contributed by atoms with E-state index in [-0.39, 0.29) is 0 Å². The summed E-state index contributed by atoms with van der Waals surface area (Å²) in [5.74, 6) is 0. The van der Waals surface area contributed by atoms with Crippen LogP contribution in [0.15, 0.2) is 0 Å². The van der Waals surface area contributed by atoms with E-state index in [9.17, 15) is 0 Å². The van der Waals surface area contributed by atoms with Crippen LogP contribution in [-0.4, -0.2) is 35.6 Å². The van der Waals surface area contributed by atoms with Gasteiger partial charge in [-0.15, -0.1) is 0 Å². The molecule has 3 rings (SSSR count). The van der Waals surface area contributed by atoms with Gasteiger partial charge in [0.15, 0.2) is 0 Å². The summed E-state index contributed by atoms with van der Waals surface area (Å²) in [6.45, 7) is 4.93. The van der Waals surface area contributed by atoms with Gasteiger partial charge < -0.3 is 5.32 Å². The van der Waals surface area contributed by atoms with Crippen molar-refractivity contribution in [2.75, 3.05) is 13.1 Å². The van der Waals surface area contributed by atoms with Crippen molar-refractivity contribution >= 4 is 0 Å². The Kier molecular flexibility index (Phi) is 4.48. The number of nitrogens with zero attached hydrogens (tertiary/aromatic N) is 1. The molecule has 0 aromatic carbocycles. The Morgan fingerprint density at radius 3 is 2.37 bits per heavy atom. The molecule has 0 aromatic rings. The van der Waals surface area contributed by atoms with Gasteiger partial charge in [-0.05, 0) is 32.1 Å². The van der Waals surface area contributed by atoms with Crippen molar-refractivity contribution in [3.63, 3.8) is 0 Å². The third-order valence-corrected chi connectivity index (χ3v) is 6.04. The molecule has 0 bridgehead atoms. The maximum absolute atomic E-state index is 3.86. The second-order valence-electron chi connectivity index (χ2n) is 7.22. The molecule has 1 unspecified atom stereocenters. The van der Waals surface area contributed by atoms with Gasteiger partial charge in [0, 0.05) is 30.7 Å². The van der Waals surface area contributed by atoms with E-state index in [4.69, 9.17) is 0 Å². The van der Waals surface area contributed by atoms with E-state index in [1.54, 1.807) is 0 Å². The first kappa shape index (κ1) is 13.9. The van der Waals surface area contributed by atoms with E-state index in [1.165, 1.54) is 83.7 Å². The smallest absolute Gasteiger partial charge is 0.0337 e. The lowest BCUT2D eigenvalue weighted by Gasteiger charge is -2.55. The predicted molar refractivity (Wildman–Crippen MR) is 81.5 cm³/mol. The van der Waals surface area contributed by atoms with Gasteiger partial charge in [0.25, 0.3) is 0 Å². The number of piperazine rings is 1. The molecule has 0 aromatic heterocycles. The Morgan fingerprint density at radius 1 is 1.00 bits per heavy atom. The van der Waals surface area contributed by atoms with Crippen molar-refractivity contribution in [2.45, 2.75) is 95.2 Å². The molecule has 2 aliphatic carbocycles. The molecule has 0 radical (unpaired) electrons. The zero-order valence-corrected chi connectivity index (χ0v) is 12.8. The van der Waals surface area contributed by atoms with Crippen molar-refractivity contribution in [1.29, 1.82) is 0 Å². The SMILES string of the molecule is CCC1CN(C2CCCCC2)C2(CCCCC2)CN1. The minimum Gasteiger partial charge on any atom is -0.311 e. The summed E-state index contributed by atoms with van der Waals surface area (Å²) in [4.78, 5) is 3.00. The maximum atomic E-state index is 3.86. The molecular formula is C17H32N2. The van der Waals surface area contributed by atoms with Gasteiger partial charge in [0.1, 0.15) is 0 Å². The molecule has 1 saturated heterocycles. The van der Waals surface area contributed by atoms with Gasteiger partial charge >= 0.3 is 0 Å². The lowest BCUT2D eigenvalue weighted by atomic mass is 9.76. The standard InChI is InChI=1S/C17H32N2/c1-2-15-13-19(16-9-5-3-6-10-16)17(14-18-15)11-7-4-8-12-17/h15-16,18H,2-14H2,1H3. The molecule has 2 heteroatoms. The Bertz CT molecular complexity index is 277. The van der Waals surface area contributed by atoms with Gasteiger partial charge in [-0.25, -0.2) is 0 Å². The molecule has 1 aliphatic heterocycles. The van der Waals surface area contributed by atoms with Crippen LogP contribution >= 0.6 is 0 Å². The van der Waals surface area contributed by atoms with E-state index in [0.29, 0.717) is 5.54 Å². The highest BCUT2D eigenvalue weighted by atomic mass is 15.3. The number of rotatable bonds is 2. The van der Waals surface area contributed by atoms with E-state index < -0.39 is 0 Å². The molecule has 1 N–H and O–H groups in total. The lowest BCUT2D eigenvalue weighted by molar-refractivity contribution is -0.0335. The predicted octanol–water partition coefficient (Wildman–Crippen LogP) is 3.71. The van der Waals surface area contributed by atoms with Crippen LogP contribution in [0.1, 0.15) is 77.6 Å². The second-order valence-corrected chi connectivity index (χ2v) is 7.22. The summed E-state index contributed by atoms with van der Waals surface area (Å²) >= 11 is 0. The molecule has 2 nitrogen and oxygen atoms in total. The third kappa shape index (κ3) is 2.85. The lowest BCUT2D eigenvalue weighted by Crippen LogP contribution is -2.67. The summed E-state index contributed by atoms with van der Waals surface area (Å²) in [6.07, 6.45) is 16.0. The molecule has 1 heterocycles. The average Bonchev–Trinajstić information content (AvgIpc) is 2.49. The fraction of sp³-hybridized carbons (Fsp3) is 1.00. The van der Waals surface area contributed by atoms with Crippen molar-refractivity contribution < 1.29 is 0 Å². The number of hydrogen-bond donors (Lipinski definition) is 1. The van der Waals surface area contributed by atoms with Crippen molar-refractivity contribution in [3.8, 4) is 0 Å². The molecule has 19 heavy (non-hydrogen) atoms. The topological polar surface area (TPSA) is 15.3 Å². The van der Waals surface area contributed by atoms with Crippen molar-refractivity contribution in [1.82, 2.24) is 10.2 Å². The first-order chi connectivity index (χ1) is 9.34. The first-order valence-electron chi connectivity index (χ1n) is 8.84. The Labute approximate surface area is 119 Å². The maximum Gasteiger partial charge on any atom is 0.0337 e. The van der Waals surface area contributed by atoms with E-state index >= 15 is 0 Å². The summed E-state index contributed by atoms with van der Waals surface area (Å²) in [5.41, 5.74) is 0.534. The zero-order valence-electron chi connectivity index (χ0n) is 12.8. The number of nitrogens with one attached hydrogen (secondary N) is 1. The monoisotopic (exact) mass is 264 g/mol. The highest BCUT2D eigenvalue weighted by Gasteiger charge is 2.44. The minimum atomic E-state index is 0.534. The van der Waals surface area contributed by atoms with Gasteiger partial charge in [0.05, 0.1) is 0 Å². The van der Waals surface area contributed by atoms with E-state index in [1.807, 2.05) is 0 Å². The zero-order chi connectivity index (χ0) is 13.1. The Hall–Kier alpha value is -0.0800. The molecule has 3 fully saturated rings. The van der Waals surface area contributed by atoms with Crippen LogP contribution in [-0.2, 0) is 0 Å². The van der Waals surface area contributed by atoms with E-state index in [0.717, 1.165) is 12.1 Å².